The smallest absolute Gasteiger partial charge is 0.347 e. The summed E-state index contributed by atoms with van der Waals surface area (Å²) in [5, 5.41) is 2.77. The number of ether oxygens (including phenoxy) is 2. The van der Waals surface area contributed by atoms with Crippen molar-refractivity contribution in [2.75, 3.05) is 19.8 Å². The van der Waals surface area contributed by atoms with Gasteiger partial charge >= 0.3 is 5.69 Å². The summed E-state index contributed by atoms with van der Waals surface area (Å²) < 4.78 is 12.4. The second-order valence-corrected chi connectivity index (χ2v) is 4.88. The van der Waals surface area contributed by atoms with Crippen molar-refractivity contribution in [2.24, 2.45) is 0 Å². The first-order valence-corrected chi connectivity index (χ1v) is 7.85. The van der Waals surface area contributed by atoms with E-state index in [1.165, 1.54) is 10.8 Å². The van der Waals surface area contributed by atoms with Crippen LogP contribution in [0, 0.1) is 0 Å². The van der Waals surface area contributed by atoms with Crippen LogP contribution in [0.15, 0.2) is 41.5 Å². The Kier molecular flexibility index (Phi) is 6.36. The van der Waals surface area contributed by atoms with Gasteiger partial charge < -0.3 is 14.8 Å². The maximum Gasteiger partial charge on any atom is 0.347 e. The van der Waals surface area contributed by atoms with E-state index >= 15 is 0 Å². The molecule has 0 radical (unpaired) electrons. The van der Waals surface area contributed by atoms with Gasteiger partial charge in [0.2, 0.25) is 0 Å². The summed E-state index contributed by atoms with van der Waals surface area (Å²) in [5.74, 6) is 0.907. The van der Waals surface area contributed by atoms with Crippen LogP contribution in [0.1, 0.15) is 24.2 Å². The second-order valence-electron chi connectivity index (χ2n) is 4.88. The van der Waals surface area contributed by atoms with Crippen molar-refractivity contribution in [2.45, 2.75) is 20.4 Å². The molecule has 128 valence electrons. The molecule has 0 atom stereocenters. The summed E-state index contributed by atoms with van der Waals surface area (Å²) in [6.07, 6.45) is 3.07. The van der Waals surface area contributed by atoms with Gasteiger partial charge in [-0.15, -0.1) is 0 Å². The fourth-order valence-corrected chi connectivity index (χ4v) is 2.14. The Bertz CT molecular complexity index is 743. The van der Waals surface area contributed by atoms with Crippen LogP contribution in [-0.2, 0) is 6.54 Å². The third-order valence-electron chi connectivity index (χ3n) is 3.23. The van der Waals surface area contributed by atoms with Crippen LogP contribution in [0.3, 0.4) is 0 Å². The summed E-state index contributed by atoms with van der Waals surface area (Å²) >= 11 is 0. The number of nitrogens with one attached hydrogen (secondary N) is 1. The first-order chi connectivity index (χ1) is 11.7. The lowest BCUT2D eigenvalue weighted by Gasteiger charge is -2.12. The maximum atomic E-state index is 12.2. The van der Waals surface area contributed by atoms with Crippen LogP contribution in [-0.4, -0.2) is 35.2 Å². The van der Waals surface area contributed by atoms with Gasteiger partial charge in [0, 0.05) is 31.0 Å². The molecule has 24 heavy (non-hydrogen) atoms. The molecule has 1 N–H and O–H groups in total. The molecule has 0 aliphatic heterocycles. The van der Waals surface area contributed by atoms with Crippen LogP contribution in [0.2, 0.25) is 0 Å². The molecule has 0 bridgehead atoms. The highest BCUT2D eigenvalue weighted by atomic mass is 16.5. The number of hydrogen-bond donors (Lipinski definition) is 1. The Morgan fingerprint density at radius 2 is 1.96 bits per heavy atom. The topological polar surface area (TPSA) is 82.5 Å². The molecule has 1 aromatic carbocycles. The molecule has 0 aliphatic rings. The summed E-state index contributed by atoms with van der Waals surface area (Å²) in [5.41, 5.74) is 0.131. The lowest BCUT2D eigenvalue weighted by molar-refractivity contribution is 0.0951. The molecule has 7 nitrogen and oxygen atoms in total. The van der Waals surface area contributed by atoms with Gasteiger partial charge in [-0.2, -0.15) is 0 Å². The van der Waals surface area contributed by atoms with E-state index in [9.17, 15) is 9.59 Å². The molecule has 0 saturated heterocycles. The molecular weight excluding hydrogens is 310 g/mol. The predicted molar refractivity (Wildman–Crippen MR) is 89.6 cm³/mol. The maximum absolute atomic E-state index is 12.2. The van der Waals surface area contributed by atoms with Crippen LogP contribution in [0.5, 0.6) is 11.5 Å². The van der Waals surface area contributed by atoms with Gasteiger partial charge in [0.05, 0.1) is 13.2 Å². The molecule has 2 rings (SSSR count). The van der Waals surface area contributed by atoms with Crippen molar-refractivity contribution >= 4 is 5.91 Å². The SMILES string of the molecule is CCOc1ccc(C(=O)NCCn2cccnc2=O)cc1OCC. The second kappa shape index (κ2) is 8.71. The van der Waals surface area contributed by atoms with Crippen LogP contribution < -0.4 is 20.5 Å². The van der Waals surface area contributed by atoms with E-state index in [0.29, 0.717) is 43.4 Å². The normalized spacial score (nSPS) is 10.2. The lowest BCUT2D eigenvalue weighted by Crippen LogP contribution is -2.31. The highest BCUT2D eigenvalue weighted by Crippen LogP contribution is 2.28. The van der Waals surface area contributed by atoms with Gasteiger partial charge in [-0.3, -0.25) is 9.36 Å². The van der Waals surface area contributed by atoms with Gasteiger partial charge in [-0.25, -0.2) is 9.78 Å². The van der Waals surface area contributed by atoms with Crippen molar-refractivity contribution in [1.29, 1.82) is 0 Å². The van der Waals surface area contributed by atoms with Crippen molar-refractivity contribution in [1.82, 2.24) is 14.9 Å². The third-order valence-corrected chi connectivity index (χ3v) is 3.23. The Balaban J connectivity index is 2.00. The first-order valence-electron chi connectivity index (χ1n) is 7.85. The minimum absolute atomic E-state index is 0.240. The van der Waals surface area contributed by atoms with Crippen molar-refractivity contribution in [3.63, 3.8) is 0 Å². The summed E-state index contributed by atoms with van der Waals surface area (Å²) in [6.45, 7) is 5.43. The third kappa shape index (κ3) is 4.58. The number of nitrogens with zero attached hydrogens (tertiary/aromatic N) is 2. The minimum atomic E-state index is -0.341. The number of carbonyl (C=O) groups excluding carboxylic acids is 1. The molecule has 1 amide bonds. The summed E-state index contributed by atoms with van der Waals surface area (Å²) in [7, 11) is 0. The number of rotatable bonds is 8. The van der Waals surface area contributed by atoms with Crippen molar-refractivity contribution in [3.05, 3.63) is 52.7 Å². The molecule has 0 saturated carbocycles. The standard InChI is InChI=1S/C17H21N3O4/c1-3-23-14-7-6-13(12-15(14)24-4-2)16(21)18-9-11-20-10-5-8-19-17(20)22/h5-8,10,12H,3-4,9,11H2,1-2H3,(H,18,21). The van der Waals surface area contributed by atoms with E-state index in [-0.39, 0.29) is 11.6 Å². The van der Waals surface area contributed by atoms with Crippen LogP contribution in [0.25, 0.3) is 0 Å². The average Bonchev–Trinajstić information content (AvgIpc) is 2.58. The molecule has 2 aromatic rings. The van der Waals surface area contributed by atoms with Crippen molar-refractivity contribution in [3.8, 4) is 11.5 Å². The van der Waals surface area contributed by atoms with Gasteiger partial charge in [-0.1, -0.05) is 0 Å². The van der Waals surface area contributed by atoms with Gasteiger partial charge in [0.25, 0.3) is 5.91 Å². The Morgan fingerprint density at radius 1 is 1.21 bits per heavy atom. The number of hydrogen-bond acceptors (Lipinski definition) is 5. The molecule has 0 unspecified atom stereocenters. The molecule has 0 spiro atoms. The summed E-state index contributed by atoms with van der Waals surface area (Å²) in [4.78, 5) is 27.4. The van der Waals surface area contributed by atoms with Gasteiger partial charge in [-0.05, 0) is 38.1 Å². The molecule has 0 fully saturated rings. The number of aromatic nitrogens is 2. The lowest BCUT2D eigenvalue weighted by atomic mass is 10.2. The van der Waals surface area contributed by atoms with Gasteiger partial charge in [0.1, 0.15) is 0 Å². The molecule has 1 heterocycles. The molecule has 0 aliphatic carbocycles. The van der Waals surface area contributed by atoms with E-state index in [0.717, 1.165) is 0 Å². The quantitative estimate of drug-likeness (QED) is 0.792. The van der Waals surface area contributed by atoms with Crippen LogP contribution in [0.4, 0.5) is 0 Å². The Morgan fingerprint density at radius 3 is 2.67 bits per heavy atom. The summed E-state index contributed by atoms with van der Waals surface area (Å²) in [6, 6.07) is 6.72. The van der Waals surface area contributed by atoms with E-state index in [1.807, 2.05) is 13.8 Å². The fourth-order valence-electron chi connectivity index (χ4n) is 2.14. The largest absolute Gasteiger partial charge is 0.490 e. The first kappa shape index (κ1) is 17.5. The highest BCUT2D eigenvalue weighted by Gasteiger charge is 2.11. The van der Waals surface area contributed by atoms with E-state index < -0.39 is 0 Å². The monoisotopic (exact) mass is 331 g/mol. The number of carbonyl (C=O) groups is 1. The average molecular weight is 331 g/mol. The Hall–Kier alpha value is -2.83. The van der Waals surface area contributed by atoms with Crippen LogP contribution >= 0.6 is 0 Å². The fraction of sp³-hybridized carbons (Fsp3) is 0.353. The van der Waals surface area contributed by atoms with E-state index in [2.05, 4.69) is 10.3 Å². The highest BCUT2D eigenvalue weighted by molar-refractivity contribution is 5.94. The minimum Gasteiger partial charge on any atom is -0.490 e. The number of benzene rings is 1. The molecular formula is C17H21N3O4. The molecule has 1 aromatic heterocycles. The van der Waals surface area contributed by atoms with Crippen molar-refractivity contribution < 1.29 is 14.3 Å². The molecule has 7 heteroatoms. The Labute approximate surface area is 140 Å². The zero-order valence-corrected chi connectivity index (χ0v) is 13.8. The van der Waals surface area contributed by atoms with E-state index in [1.54, 1.807) is 30.5 Å². The number of amides is 1. The van der Waals surface area contributed by atoms with E-state index in [4.69, 9.17) is 9.47 Å². The zero-order valence-electron chi connectivity index (χ0n) is 13.8. The predicted octanol–water partition coefficient (Wildman–Crippen LogP) is 1.47. The van der Waals surface area contributed by atoms with Gasteiger partial charge in [0.15, 0.2) is 11.5 Å². The zero-order chi connectivity index (χ0) is 17.4.